The maximum atomic E-state index is 10.7. The first-order chi connectivity index (χ1) is 7.59. The van der Waals surface area contributed by atoms with Crippen LogP contribution in [0.3, 0.4) is 0 Å². The largest absolute Gasteiger partial charge is 0.493 e. The number of aromatic carboxylic acids is 1. The molecule has 0 unspecified atom stereocenters. The van der Waals surface area contributed by atoms with Crippen LogP contribution in [0.5, 0.6) is 5.88 Å². The standard InChI is InChI=1S/C10H9N3O3/c1-6-3-2-4-11-9(6)13-8(14)5-7(12-13)10(15)16/h2-5,14H,1H3,(H,15,16). The van der Waals surface area contributed by atoms with E-state index in [1.165, 1.54) is 0 Å². The smallest absolute Gasteiger partial charge is 0.356 e. The topological polar surface area (TPSA) is 88.2 Å². The average molecular weight is 219 g/mol. The molecule has 2 N–H and O–H groups in total. The second-order valence-corrected chi connectivity index (χ2v) is 3.25. The van der Waals surface area contributed by atoms with Crippen LogP contribution in [0.1, 0.15) is 16.1 Å². The van der Waals surface area contributed by atoms with E-state index < -0.39 is 5.97 Å². The zero-order valence-corrected chi connectivity index (χ0v) is 8.45. The molecule has 6 nitrogen and oxygen atoms in total. The van der Waals surface area contributed by atoms with Crippen molar-refractivity contribution in [3.05, 3.63) is 35.7 Å². The Kier molecular flexibility index (Phi) is 2.32. The number of carboxylic acid groups (broad SMARTS) is 1. The first-order valence-electron chi connectivity index (χ1n) is 4.54. The Morgan fingerprint density at radius 1 is 1.50 bits per heavy atom. The van der Waals surface area contributed by atoms with E-state index in [2.05, 4.69) is 10.1 Å². The van der Waals surface area contributed by atoms with Crippen LogP contribution in [0.2, 0.25) is 0 Å². The minimum atomic E-state index is -1.19. The number of pyridine rings is 1. The molecule has 0 spiro atoms. The molecule has 82 valence electrons. The summed E-state index contributed by atoms with van der Waals surface area (Å²) in [6.45, 7) is 1.80. The quantitative estimate of drug-likeness (QED) is 0.785. The number of aromatic nitrogens is 3. The Morgan fingerprint density at radius 3 is 2.81 bits per heavy atom. The number of nitrogens with zero attached hydrogens (tertiary/aromatic N) is 3. The maximum Gasteiger partial charge on any atom is 0.356 e. The molecule has 0 amide bonds. The molecular weight excluding hydrogens is 210 g/mol. The van der Waals surface area contributed by atoms with Crippen molar-refractivity contribution in [1.29, 1.82) is 0 Å². The number of rotatable bonds is 2. The molecular formula is C10H9N3O3. The Balaban J connectivity index is 2.57. The van der Waals surface area contributed by atoms with Gasteiger partial charge in [0.15, 0.2) is 11.5 Å². The van der Waals surface area contributed by atoms with Gasteiger partial charge in [-0.25, -0.2) is 9.78 Å². The van der Waals surface area contributed by atoms with E-state index in [0.717, 1.165) is 16.3 Å². The molecule has 2 aromatic rings. The molecule has 16 heavy (non-hydrogen) atoms. The summed E-state index contributed by atoms with van der Waals surface area (Å²) in [7, 11) is 0. The van der Waals surface area contributed by atoms with Crippen molar-refractivity contribution in [2.45, 2.75) is 6.92 Å². The lowest BCUT2D eigenvalue weighted by molar-refractivity contribution is 0.0690. The summed E-state index contributed by atoms with van der Waals surface area (Å²) in [5, 5.41) is 22.0. The van der Waals surface area contributed by atoms with Crippen molar-refractivity contribution in [2.24, 2.45) is 0 Å². The van der Waals surface area contributed by atoms with Crippen LogP contribution in [0.4, 0.5) is 0 Å². The second kappa shape index (κ2) is 3.65. The van der Waals surface area contributed by atoms with Crippen LogP contribution < -0.4 is 0 Å². The second-order valence-electron chi connectivity index (χ2n) is 3.25. The van der Waals surface area contributed by atoms with Gasteiger partial charge in [0, 0.05) is 12.3 Å². The summed E-state index contributed by atoms with van der Waals surface area (Å²) >= 11 is 0. The fourth-order valence-electron chi connectivity index (χ4n) is 1.33. The monoisotopic (exact) mass is 219 g/mol. The van der Waals surface area contributed by atoms with Crippen LogP contribution in [0.25, 0.3) is 5.82 Å². The van der Waals surface area contributed by atoms with E-state index in [9.17, 15) is 9.90 Å². The van der Waals surface area contributed by atoms with E-state index in [4.69, 9.17) is 5.11 Å². The zero-order chi connectivity index (χ0) is 11.7. The minimum absolute atomic E-state index is 0.220. The van der Waals surface area contributed by atoms with Gasteiger partial charge in [-0.2, -0.15) is 9.78 Å². The van der Waals surface area contributed by atoms with Gasteiger partial charge in [-0.1, -0.05) is 6.07 Å². The van der Waals surface area contributed by atoms with Gasteiger partial charge >= 0.3 is 5.97 Å². The number of carboxylic acids is 1. The summed E-state index contributed by atoms with van der Waals surface area (Å²) in [5.41, 5.74) is 0.570. The van der Waals surface area contributed by atoms with Crippen LogP contribution in [-0.2, 0) is 0 Å². The third kappa shape index (κ3) is 1.60. The Bertz CT molecular complexity index is 548. The fourth-order valence-corrected chi connectivity index (χ4v) is 1.33. The number of aromatic hydroxyl groups is 1. The van der Waals surface area contributed by atoms with Crippen LogP contribution in [-0.4, -0.2) is 30.9 Å². The molecule has 0 atom stereocenters. The van der Waals surface area contributed by atoms with Gasteiger partial charge in [0.25, 0.3) is 0 Å². The van der Waals surface area contributed by atoms with Crippen molar-refractivity contribution in [2.75, 3.05) is 0 Å². The van der Waals surface area contributed by atoms with E-state index in [-0.39, 0.29) is 11.6 Å². The highest BCUT2D eigenvalue weighted by atomic mass is 16.4. The van der Waals surface area contributed by atoms with Crippen molar-refractivity contribution in [1.82, 2.24) is 14.8 Å². The zero-order valence-electron chi connectivity index (χ0n) is 8.45. The molecule has 2 heterocycles. The van der Waals surface area contributed by atoms with Crippen molar-refractivity contribution >= 4 is 5.97 Å². The van der Waals surface area contributed by atoms with Gasteiger partial charge in [-0.3, -0.25) is 0 Å². The molecule has 0 saturated heterocycles. The molecule has 2 aromatic heterocycles. The van der Waals surface area contributed by atoms with Crippen molar-refractivity contribution in [3.63, 3.8) is 0 Å². The van der Waals surface area contributed by atoms with Crippen molar-refractivity contribution in [3.8, 4) is 11.7 Å². The van der Waals surface area contributed by atoms with E-state index >= 15 is 0 Å². The summed E-state index contributed by atoms with van der Waals surface area (Å²) in [6, 6.07) is 4.62. The summed E-state index contributed by atoms with van der Waals surface area (Å²) in [6.07, 6.45) is 1.55. The molecule has 0 radical (unpaired) electrons. The van der Waals surface area contributed by atoms with Gasteiger partial charge in [0.05, 0.1) is 0 Å². The molecule has 0 aliphatic rings. The molecule has 0 aliphatic heterocycles. The lowest BCUT2D eigenvalue weighted by atomic mass is 10.3. The third-order valence-corrected chi connectivity index (χ3v) is 2.09. The first-order valence-corrected chi connectivity index (χ1v) is 4.54. The van der Waals surface area contributed by atoms with E-state index in [1.54, 1.807) is 25.3 Å². The number of carbonyl (C=O) groups is 1. The maximum absolute atomic E-state index is 10.7. The van der Waals surface area contributed by atoms with Gasteiger partial charge in [-0.15, -0.1) is 0 Å². The van der Waals surface area contributed by atoms with Crippen LogP contribution in [0, 0.1) is 6.92 Å². The van der Waals surface area contributed by atoms with Gasteiger partial charge < -0.3 is 10.2 Å². The molecule has 0 aliphatic carbocycles. The van der Waals surface area contributed by atoms with Gasteiger partial charge in [-0.05, 0) is 18.6 Å². The highest BCUT2D eigenvalue weighted by Gasteiger charge is 2.15. The number of aryl methyl sites for hydroxylation is 1. The first kappa shape index (κ1) is 10.2. The summed E-state index contributed by atoms with van der Waals surface area (Å²) < 4.78 is 1.10. The number of hydrogen-bond donors (Lipinski definition) is 2. The Hall–Kier alpha value is -2.37. The van der Waals surface area contributed by atoms with E-state index in [1.807, 2.05) is 0 Å². The normalized spacial score (nSPS) is 10.3. The van der Waals surface area contributed by atoms with E-state index in [0.29, 0.717) is 5.82 Å². The minimum Gasteiger partial charge on any atom is -0.493 e. The van der Waals surface area contributed by atoms with Crippen molar-refractivity contribution < 1.29 is 15.0 Å². The predicted octanol–water partition coefficient (Wildman–Crippen LogP) is 0.980. The molecule has 2 rings (SSSR count). The summed E-state index contributed by atoms with van der Waals surface area (Å²) in [4.78, 5) is 14.7. The predicted molar refractivity (Wildman–Crippen MR) is 54.7 cm³/mol. The highest BCUT2D eigenvalue weighted by Crippen LogP contribution is 2.18. The van der Waals surface area contributed by atoms with Gasteiger partial charge in [0.1, 0.15) is 0 Å². The Labute approximate surface area is 90.8 Å². The lowest BCUT2D eigenvalue weighted by Gasteiger charge is -2.04. The third-order valence-electron chi connectivity index (χ3n) is 2.09. The summed E-state index contributed by atoms with van der Waals surface area (Å²) in [5.74, 6) is -1.03. The fraction of sp³-hybridized carbons (Fsp3) is 0.100. The Morgan fingerprint density at radius 2 is 2.25 bits per heavy atom. The molecule has 0 fully saturated rings. The van der Waals surface area contributed by atoms with Crippen LogP contribution >= 0.6 is 0 Å². The van der Waals surface area contributed by atoms with Gasteiger partial charge in [0.2, 0.25) is 5.88 Å². The average Bonchev–Trinajstić information content (AvgIpc) is 2.61. The molecule has 0 saturated carbocycles. The SMILES string of the molecule is Cc1cccnc1-n1nc(C(=O)O)cc1O. The molecule has 0 bridgehead atoms. The lowest BCUT2D eigenvalue weighted by Crippen LogP contribution is -2.04. The highest BCUT2D eigenvalue weighted by molar-refractivity contribution is 5.85. The number of hydrogen-bond acceptors (Lipinski definition) is 4. The molecule has 0 aromatic carbocycles. The van der Waals surface area contributed by atoms with Crippen LogP contribution in [0.15, 0.2) is 24.4 Å². The molecule has 6 heteroatoms.